The maximum Gasteiger partial charge on any atom is 0.209 e. The summed E-state index contributed by atoms with van der Waals surface area (Å²) in [7, 11) is -1.94. The van der Waals surface area contributed by atoms with E-state index in [0.717, 1.165) is 12.8 Å². The molecule has 0 aromatic heterocycles. The van der Waals surface area contributed by atoms with E-state index in [2.05, 4.69) is 0 Å². The van der Waals surface area contributed by atoms with Crippen LogP contribution in [0.2, 0.25) is 0 Å². The summed E-state index contributed by atoms with van der Waals surface area (Å²) < 4.78 is 19.6. The summed E-state index contributed by atoms with van der Waals surface area (Å²) in [5.74, 6) is 0. The molecule has 2 nitrogen and oxygen atoms in total. The summed E-state index contributed by atoms with van der Waals surface area (Å²) in [5, 5.41) is 1.30. The van der Waals surface area contributed by atoms with Gasteiger partial charge in [-0.15, -0.1) is 0 Å². The molecule has 0 spiro atoms. The Bertz CT molecular complexity index is 147. The largest absolute Gasteiger partial charge is 0.209 e. The molecule has 3 heteroatoms. The predicted molar refractivity (Wildman–Crippen MR) is 34.5 cm³/mol. The molecule has 0 aliphatic rings. The van der Waals surface area contributed by atoms with Crippen LogP contribution in [-0.4, -0.2) is 13.8 Å². The van der Waals surface area contributed by atoms with Crippen LogP contribution in [0.4, 0.5) is 0 Å². The van der Waals surface area contributed by atoms with Gasteiger partial charge in [0.2, 0.25) is 10.3 Å². The van der Waals surface area contributed by atoms with E-state index < -0.39 is 10.3 Å². The topological polar surface area (TPSA) is 34.1 Å². The Balaban J connectivity index is 3.31. The fourth-order valence-electron chi connectivity index (χ4n) is 0.384. The van der Waals surface area contributed by atoms with Crippen molar-refractivity contribution in [3.05, 3.63) is 0 Å². The van der Waals surface area contributed by atoms with Crippen molar-refractivity contribution in [3.63, 3.8) is 0 Å². The van der Waals surface area contributed by atoms with Gasteiger partial charge in [-0.25, -0.2) is 0 Å². The molecule has 0 aliphatic carbocycles. The van der Waals surface area contributed by atoms with Gasteiger partial charge in [-0.3, -0.25) is 0 Å². The third-order valence-corrected chi connectivity index (χ3v) is 1.32. The molecule has 0 saturated carbocycles. The van der Waals surface area contributed by atoms with Gasteiger partial charge in [0.05, 0.1) is 0 Å². The summed E-state index contributed by atoms with van der Waals surface area (Å²) in [6, 6.07) is 0. The van der Waals surface area contributed by atoms with E-state index in [0.29, 0.717) is 6.42 Å². The summed E-state index contributed by atoms with van der Waals surface area (Å²) >= 11 is 0. The molecule has 0 saturated heterocycles. The van der Waals surface area contributed by atoms with Gasteiger partial charge in [-0.05, 0) is 12.8 Å². The monoisotopic (exact) mass is 134 g/mol. The molecular weight excluding hydrogens is 124 g/mol. The van der Waals surface area contributed by atoms with Crippen LogP contribution in [0.25, 0.3) is 0 Å². The van der Waals surface area contributed by atoms with Crippen molar-refractivity contribution in [1.82, 2.24) is 0 Å². The molecule has 0 amide bonds. The molecule has 0 aliphatic heterocycles. The Morgan fingerprint density at radius 3 is 2.50 bits per heavy atom. The fraction of sp³-hybridized carbons (Fsp3) is 0.800. The van der Waals surface area contributed by atoms with E-state index in [1.165, 1.54) is 5.37 Å². The zero-order valence-corrected chi connectivity index (χ0v) is 5.74. The zero-order chi connectivity index (χ0) is 6.41. The van der Waals surface area contributed by atoms with E-state index in [4.69, 9.17) is 0 Å². The molecule has 0 aromatic rings. The maximum absolute atomic E-state index is 9.82. The van der Waals surface area contributed by atoms with Crippen LogP contribution in [-0.2, 0) is 10.3 Å². The van der Waals surface area contributed by atoms with Crippen molar-refractivity contribution in [2.75, 3.05) is 0 Å². The molecule has 0 fully saturated rings. The Hall–Kier alpha value is -0.310. The van der Waals surface area contributed by atoms with Crippen molar-refractivity contribution in [2.45, 2.75) is 26.2 Å². The first-order valence-corrected chi connectivity index (χ1v) is 3.82. The SMILES string of the molecule is CCCCC=S(=O)=O. The summed E-state index contributed by atoms with van der Waals surface area (Å²) in [6.45, 7) is 2.03. The average Bonchev–Trinajstić information content (AvgIpc) is 1.66. The lowest BCUT2D eigenvalue weighted by atomic mass is 10.3. The molecule has 0 rings (SSSR count). The average molecular weight is 134 g/mol. The Kier molecular flexibility index (Phi) is 4.65. The van der Waals surface area contributed by atoms with Crippen molar-refractivity contribution in [1.29, 1.82) is 0 Å². The van der Waals surface area contributed by atoms with Crippen LogP contribution in [0.1, 0.15) is 26.2 Å². The smallest absolute Gasteiger partial charge is 0.185 e. The normalized spacial score (nSPS) is 8.62. The van der Waals surface area contributed by atoms with Crippen LogP contribution in [0.15, 0.2) is 0 Å². The first-order chi connectivity index (χ1) is 3.77. The van der Waals surface area contributed by atoms with Crippen LogP contribution >= 0.6 is 0 Å². The molecule has 8 heavy (non-hydrogen) atoms. The van der Waals surface area contributed by atoms with Crippen molar-refractivity contribution < 1.29 is 8.42 Å². The van der Waals surface area contributed by atoms with Gasteiger partial charge < -0.3 is 0 Å². The molecule has 0 radical (unpaired) electrons. The van der Waals surface area contributed by atoms with Crippen molar-refractivity contribution in [2.24, 2.45) is 0 Å². The minimum atomic E-state index is -1.94. The first kappa shape index (κ1) is 7.69. The highest BCUT2D eigenvalue weighted by atomic mass is 32.2. The second-order valence-electron chi connectivity index (χ2n) is 1.57. The fourth-order valence-corrected chi connectivity index (χ4v) is 0.743. The van der Waals surface area contributed by atoms with E-state index in [9.17, 15) is 8.42 Å². The Morgan fingerprint density at radius 2 is 2.12 bits per heavy atom. The highest BCUT2D eigenvalue weighted by molar-refractivity contribution is 7.71. The van der Waals surface area contributed by atoms with Crippen molar-refractivity contribution >= 4 is 15.7 Å². The molecule has 0 aromatic carbocycles. The van der Waals surface area contributed by atoms with Crippen LogP contribution in [0.3, 0.4) is 0 Å². The van der Waals surface area contributed by atoms with Gasteiger partial charge in [0.25, 0.3) is 0 Å². The lowest BCUT2D eigenvalue weighted by molar-refractivity contribution is 0.627. The molecule has 0 heterocycles. The summed E-state index contributed by atoms with van der Waals surface area (Å²) in [5.41, 5.74) is 0. The standard InChI is InChI=1S/C5H10O2S/c1-2-3-4-5-8(6)7/h5H,2-4H2,1H3. The van der Waals surface area contributed by atoms with Crippen LogP contribution in [0, 0.1) is 0 Å². The number of rotatable bonds is 3. The minimum absolute atomic E-state index is 0.687. The molecule has 48 valence electrons. The first-order valence-electron chi connectivity index (χ1n) is 2.68. The van der Waals surface area contributed by atoms with Gasteiger partial charge in [-0.2, -0.15) is 8.42 Å². The second kappa shape index (κ2) is 4.84. The third kappa shape index (κ3) is 5.69. The highest BCUT2D eigenvalue weighted by Gasteiger charge is 1.77. The lowest BCUT2D eigenvalue weighted by Crippen LogP contribution is -1.74. The molecule has 0 N–H and O–H groups in total. The molecule has 0 unspecified atom stereocenters. The predicted octanol–water partition coefficient (Wildman–Crippen LogP) is 0.858. The molecule has 0 atom stereocenters. The lowest BCUT2D eigenvalue weighted by Gasteiger charge is -1.80. The van der Waals surface area contributed by atoms with Gasteiger partial charge in [0, 0.05) is 5.37 Å². The number of hydrogen-bond donors (Lipinski definition) is 0. The van der Waals surface area contributed by atoms with Gasteiger partial charge in [0.15, 0.2) is 0 Å². The minimum Gasteiger partial charge on any atom is -0.185 e. The second-order valence-corrected chi connectivity index (χ2v) is 2.42. The Morgan fingerprint density at radius 1 is 1.50 bits per heavy atom. The van der Waals surface area contributed by atoms with E-state index in [1.807, 2.05) is 6.92 Å². The Labute approximate surface area is 51.1 Å². The third-order valence-electron chi connectivity index (χ3n) is 0.812. The van der Waals surface area contributed by atoms with Crippen LogP contribution in [0.5, 0.6) is 0 Å². The van der Waals surface area contributed by atoms with Crippen LogP contribution < -0.4 is 0 Å². The van der Waals surface area contributed by atoms with Gasteiger partial charge in [0.1, 0.15) is 0 Å². The molecular formula is C5H10O2S. The molecule has 0 bridgehead atoms. The highest BCUT2D eigenvalue weighted by Crippen LogP contribution is 1.87. The number of unbranched alkanes of at least 4 members (excludes halogenated alkanes) is 2. The van der Waals surface area contributed by atoms with Gasteiger partial charge >= 0.3 is 0 Å². The quantitative estimate of drug-likeness (QED) is 0.423. The van der Waals surface area contributed by atoms with Crippen molar-refractivity contribution in [3.8, 4) is 0 Å². The summed E-state index contributed by atoms with van der Waals surface area (Å²) in [4.78, 5) is 0. The zero-order valence-electron chi connectivity index (χ0n) is 4.92. The number of hydrogen-bond acceptors (Lipinski definition) is 2. The maximum atomic E-state index is 9.82. The van der Waals surface area contributed by atoms with E-state index in [-0.39, 0.29) is 0 Å². The van der Waals surface area contributed by atoms with E-state index >= 15 is 0 Å². The van der Waals surface area contributed by atoms with Gasteiger partial charge in [-0.1, -0.05) is 13.3 Å². The van der Waals surface area contributed by atoms with E-state index in [1.54, 1.807) is 0 Å². The summed E-state index contributed by atoms with van der Waals surface area (Å²) in [6.07, 6.45) is 2.70.